The van der Waals surface area contributed by atoms with Crippen LogP contribution in [0.5, 0.6) is 0 Å². The van der Waals surface area contributed by atoms with Crippen LogP contribution in [0.2, 0.25) is 0 Å². The fourth-order valence-corrected chi connectivity index (χ4v) is 2.54. The molecule has 0 atom stereocenters. The summed E-state index contributed by atoms with van der Waals surface area (Å²) < 4.78 is 16.0. The van der Waals surface area contributed by atoms with Crippen molar-refractivity contribution in [2.24, 2.45) is 0 Å². The standard InChI is InChI=1S/C12H16O3S3/c1-9-13-6-12(17,7-14-9)8-15-18-11-4-2-10(16)3-5-11/h2-5,9,16-17H,6-8H2,1H3. The van der Waals surface area contributed by atoms with Gasteiger partial charge < -0.3 is 13.7 Å². The summed E-state index contributed by atoms with van der Waals surface area (Å²) in [5, 5.41) is 0. The van der Waals surface area contributed by atoms with Crippen LogP contribution < -0.4 is 0 Å². The van der Waals surface area contributed by atoms with Gasteiger partial charge in [0.05, 0.1) is 24.6 Å². The first-order valence-corrected chi connectivity index (χ1v) is 7.25. The molecule has 6 heteroatoms. The maximum Gasteiger partial charge on any atom is 0.154 e. The van der Waals surface area contributed by atoms with Crippen LogP contribution in [0.3, 0.4) is 0 Å². The van der Waals surface area contributed by atoms with Gasteiger partial charge in [-0.15, -0.1) is 12.6 Å². The lowest BCUT2D eigenvalue weighted by molar-refractivity contribution is -0.184. The Morgan fingerprint density at radius 3 is 2.56 bits per heavy atom. The molecule has 0 N–H and O–H groups in total. The third-order valence-corrected chi connectivity index (χ3v) is 3.88. The van der Waals surface area contributed by atoms with Crippen LogP contribution in [-0.2, 0) is 13.7 Å². The average Bonchev–Trinajstić information content (AvgIpc) is 2.36. The van der Waals surface area contributed by atoms with Crippen molar-refractivity contribution in [2.75, 3.05) is 19.8 Å². The first-order valence-electron chi connectivity index (χ1n) is 5.61. The molecule has 0 aliphatic carbocycles. The zero-order chi connectivity index (χ0) is 13.0. The summed E-state index contributed by atoms with van der Waals surface area (Å²) in [4.78, 5) is 1.98. The van der Waals surface area contributed by atoms with Crippen molar-refractivity contribution in [3.05, 3.63) is 24.3 Å². The molecule has 1 aliphatic heterocycles. The maximum atomic E-state index is 5.59. The van der Waals surface area contributed by atoms with Gasteiger partial charge in [0.2, 0.25) is 0 Å². The fraction of sp³-hybridized carbons (Fsp3) is 0.500. The predicted octanol–water partition coefficient (Wildman–Crippen LogP) is 3.06. The molecule has 0 bridgehead atoms. The van der Waals surface area contributed by atoms with Gasteiger partial charge in [0.1, 0.15) is 0 Å². The van der Waals surface area contributed by atoms with E-state index in [0.717, 1.165) is 9.79 Å². The van der Waals surface area contributed by atoms with E-state index >= 15 is 0 Å². The third-order valence-electron chi connectivity index (χ3n) is 2.49. The van der Waals surface area contributed by atoms with Gasteiger partial charge in [-0.05, 0) is 31.2 Å². The molecule has 0 unspecified atom stereocenters. The summed E-state index contributed by atoms with van der Waals surface area (Å²) in [6.07, 6.45) is -0.152. The molecule has 1 fully saturated rings. The Kier molecular flexibility index (Phi) is 5.29. The summed E-state index contributed by atoms with van der Waals surface area (Å²) >= 11 is 10.1. The molecule has 0 spiro atoms. The Hall–Kier alpha value is 0.150. The van der Waals surface area contributed by atoms with E-state index in [-0.39, 0.29) is 11.0 Å². The van der Waals surface area contributed by atoms with Crippen LogP contribution in [0.1, 0.15) is 6.92 Å². The first-order chi connectivity index (χ1) is 8.57. The summed E-state index contributed by atoms with van der Waals surface area (Å²) in [6.45, 7) is 3.42. The average molecular weight is 304 g/mol. The summed E-state index contributed by atoms with van der Waals surface area (Å²) in [5.41, 5.74) is 0. The molecule has 0 amide bonds. The lowest BCUT2D eigenvalue weighted by Gasteiger charge is -2.34. The van der Waals surface area contributed by atoms with Gasteiger partial charge >= 0.3 is 0 Å². The maximum absolute atomic E-state index is 5.59. The van der Waals surface area contributed by atoms with Gasteiger partial charge in [0.25, 0.3) is 0 Å². The van der Waals surface area contributed by atoms with Crippen LogP contribution in [-0.4, -0.2) is 30.9 Å². The summed E-state index contributed by atoms with van der Waals surface area (Å²) in [7, 11) is 0. The SMILES string of the molecule is CC1OCC(S)(COSc2ccc(S)cc2)CO1. The molecular formula is C12H16O3S3. The topological polar surface area (TPSA) is 27.7 Å². The quantitative estimate of drug-likeness (QED) is 0.660. The second-order valence-electron chi connectivity index (χ2n) is 4.25. The normalized spacial score (nSPS) is 28.3. The molecule has 100 valence electrons. The van der Waals surface area contributed by atoms with Crippen molar-refractivity contribution in [1.82, 2.24) is 0 Å². The minimum Gasteiger partial charge on any atom is -0.351 e. The van der Waals surface area contributed by atoms with Crippen molar-refractivity contribution in [1.29, 1.82) is 0 Å². The highest BCUT2D eigenvalue weighted by Crippen LogP contribution is 2.27. The smallest absolute Gasteiger partial charge is 0.154 e. The summed E-state index contributed by atoms with van der Waals surface area (Å²) in [6, 6.07) is 7.79. The zero-order valence-corrected chi connectivity index (χ0v) is 12.6. The van der Waals surface area contributed by atoms with E-state index in [1.54, 1.807) is 0 Å². The van der Waals surface area contributed by atoms with Crippen molar-refractivity contribution >= 4 is 37.3 Å². The minimum atomic E-state index is -0.372. The molecule has 2 rings (SSSR count). The van der Waals surface area contributed by atoms with E-state index in [9.17, 15) is 0 Å². The zero-order valence-electron chi connectivity index (χ0n) is 10.0. The van der Waals surface area contributed by atoms with Crippen LogP contribution in [0.25, 0.3) is 0 Å². The number of rotatable bonds is 4. The number of thiol groups is 2. The molecule has 0 radical (unpaired) electrons. The number of ether oxygens (including phenoxy) is 2. The molecule has 1 aromatic carbocycles. The molecule has 0 saturated carbocycles. The Labute approximate surface area is 123 Å². The highest BCUT2D eigenvalue weighted by Gasteiger charge is 2.32. The molecule has 1 heterocycles. The molecule has 1 aromatic rings. The van der Waals surface area contributed by atoms with Gasteiger partial charge in [-0.1, -0.05) is 0 Å². The Balaban J connectivity index is 1.76. The van der Waals surface area contributed by atoms with Crippen molar-refractivity contribution in [3.63, 3.8) is 0 Å². The lowest BCUT2D eigenvalue weighted by atomic mass is 10.1. The fourth-order valence-electron chi connectivity index (χ4n) is 1.43. The largest absolute Gasteiger partial charge is 0.351 e. The van der Waals surface area contributed by atoms with Crippen LogP contribution >= 0.6 is 37.3 Å². The van der Waals surface area contributed by atoms with Crippen LogP contribution in [0, 0.1) is 0 Å². The van der Waals surface area contributed by atoms with Crippen molar-refractivity contribution in [2.45, 2.75) is 27.8 Å². The van der Waals surface area contributed by atoms with Crippen molar-refractivity contribution in [3.8, 4) is 0 Å². The molecule has 1 saturated heterocycles. The number of hydrogen-bond acceptors (Lipinski definition) is 6. The van der Waals surface area contributed by atoms with Gasteiger partial charge in [0, 0.05) is 21.8 Å². The molecule has 18 heavy (non-hydrogen) atoms. The molecule has 1 aliphatic rings. The van der Waals surface area contributed by atoms with Gasteiger partial charge in [-0.3, -0.25) is 0 Å². The van der Waals surface area contributed by atoms with E-state index < -0.39 is 0 Å². The Bertz CT molecular complexity index is 375. The van der Waals surface area contributed by atoms with Gasteiger partial charge in [-0.25, -0.2) is 0 Å². The third kappa shape index (κ3) is 4.36. The Morgan fingerprint density at radius 1 is 1.33 bits per heavy atom. The van der Waals surface area contributed by atoms with E-state index in [1.807, 2.05) is 31.2 Å². The van der Waals surface area contributed by atoms with Gasteiger partial charge in [-0.2, -0.15) is 12.6 Å². The van der Waals surface area contributed by atoms with E-state index in [0.29, 0.717) is 19.8 Å². The Morgan fingerprint density at radius 2 is 1.94 bits per heavy atom. The molecular weight excluding hydrogens is 288 g/mol. The number of hydrogen-bond donors (Lipinski definition) is 2. The van der Waals surface area contributed by atoms with Crippen LogP contribution in [0.4, 0.5) is 0 Å². The predicted molar refractivity (Wildman–Crippen MR) is 78.6 cm³/mol. The summed E-state index contributed by atoms with van der Waals surface area (Å²) in [5.74, 6) is 0. The van der Waals surface area contributed by atoms with Crippen molar-refractivity contribution < 1.29 is 13.7 Å². The first kappa shape index (κ1) is 14.6. The number of benzene rings is 1. The second-order valence-corrected chi connectivity index (χ2v) is 6.59. The molecule has 0 aromatic heterocycles. The highest BCUT2D eigenvalue weighted by molar-refractivity contribution is 7.94. The van der Waals surface area contributed by atoms with Crippen LogP contribution in [0.15, 0.2) is 34.1 Å². The second kappa shape index (κ2) is 6.54. The lowest BCUT2D eigenvalue weighted by Crippen LogP contribution is -2.45. The van der Waals surface area contributed by atoms with E-state index in [2.05, 4.69) is 25.3 Å². The van der Waals surface area contributed by atoms with E-state index in [4.69, 9.17) is 13.7 Å². The molecule has 3 nitrogen and oxygen atoms in total. The highest BCUT2D eigenvalue weighted by atomic mass is 32.2. The van der Waals surface area contributed by atoms with Gasteiger partial charge in [0.15, 0.2) is 6.29 Å². The monoisotopic (exact) mass is 304 g/mol. The van der Waals surface area contributed by atoms with E-state index in [1.165, 1.54) is 12.0 Å². The minimum absolute atomic E-state index is 0.152.